The van der Waals surface area contributed by atoms with Gasteiger partial charge in [-0.3, -0.25) is 9.69 Å². The quantitative estimate of drug-likeness (QED) is 0.821. The first-order chi connectivity index (χ1) is 11.5. The first-order valence-corrected chi connectivity index (χ1v) is 8.70. The fourth-order valence-corrected chi connectivity index (χ4v) is 3.11. The Morgan fingerprint density at radius 1 is 1.42 bits per heavy atom. The van der Waals surface area contributed by atoms with Gasteiger partial charge < -0.3 is 10.1 Å². The average molecular weight is 350 g/mol. The van der Waals surface area contributed by atoms with Crippen LogP contribution in [0.1, 0.15) is 32.1 Å². The highest BCUT2D eigenvalue weighted by atomic mass is 35.5. The van der Waals surface area contributed by atoms with E-state index in [2.05, 4.69) is 11.4 Å². The van der Waals surface area contributed by atoms with E-state index in [0.29, 0.717) is 23.9 Å². The van der Waals surface area contributed by atoms with Crippen molar-refractivity contribution in [1.29, 1.82) is 5.26 Å². The number of rotatable bonds is 7. The number of hydrogen-bond donors (Lipinski definition) is 1. The SMILES string of the molecule is CN(CCOc1cccc(Cl)c1)CC(=O)NC1(C#N)CCCCC1. The molecule has 0 atom stereocenters. The molecule has 6 heteroatoms. The van der Waals surface area contributed by atoms with Gasteiger partial charge in [0.15, 0.2) is 0 Å². The molecule has 0 saturated heterocycles. The van der Waals surface area contributed by atoms with Crippen LogP contribution in [0.15, 0.2) is 24.3 Å². The summed E-state index contributed by atoms with van der Waals surface area (Å²) in [6, 6.07) is 9.53. The van der Waals surface area contributed by atoms with E-state index in [1.54, 1.807) is 12.1 Å². The summed E-state index contributed by atoms with van der Waals surface area (Å²) in [5.74, 6) is 0.606. The molecule has 1 aromatic carbocycles. The summed E-state index contributed by atoms with van der Waals surface area (Å²) >= 11 is 5.90. The van der Waals surface area contributed by atoms with E-state index in [4.69, 9.17) is 16.3 Å². The molecule has 130 valence electrons. The summed E-state index contributed by atoms with van der Waals surface area (Å²) in [6.45, 7) is 1.33. The zero-order valence-electron chi connectivity index (χ0n) is 14.1. The highest BCUT2D eigenvalue weighted by Crippen LogP contribution is 2.27. The number of halogens is 1. The molecule has 2 rings (SSSR count). The predicted octanol–water partition coefficient (Wildman–Crippen LogP) is 2.99. The summed E-state index contributed by atoms with van der Waals surface area (Å²) in [5.41, 5.74) is -0.673. The number of nitrogens with zero attached hydrogens (tertiary/aromatic N) is 2. The first kappa shape index (κ1) is 18.6. The number of benzene rings is 1. The molecular weight excluding hydrogens is 326 g/mol. The zero-order valence-corrected chi connectivity index (χ0v) is 14.8. The van der Waals surface area contributed by atoms with Crippen molar-refractivity contribution in [3.05, 3.63) is 29.3 Å². The first-order valence-electron chi connectivity index (χ1n) is 8.32. The van der Waals surface area contributed by atoms with Gasteiger partial charge in [-0.1, -0.05) is 36.9 Å². The van der Waals surface area contributed by atoms with Gasteiger partial charge in [-0.15, -0.1) is 0 Å². The second-order valence-corrected chi connectivity index (χ2v) is 6.78. The van der Waals surface area contributed by atoms with Crippen molar-refractivity contribution in [2.75, 3.05) is 26.7 Å². The molecule has 1 amide bonds. The third-order valence-corrected chi connectivity index (χ3v) is 4.49. The van der Waals surface area contributed by atoms with Crippen LogP contribution in [0.25, 0.3) is 0 Å². The Morgan fingerprint density at radius 2 is 2.17 bits per heavy atom. The van der Waals surface area contributed by atoms with Crippen molar-refractivity contribution in [3.63, 3.8) is 0 Å². The topological polar surface area (TPSA) is 65.4 Å². The van der Waals surface area contributed by atoms with Gasteiger partial charge in [0, 0.05) is 11.6 Å². The lowest BCUT2D eigenvalue weighted by Crippen LogP contribution is -2.51. The number of amides is 1. The maximum absolute atomic E-state index is 12.2. The van der Waals surface area contributed by atoms with E-state index in [1.165, 1.54) is 0 Å². The molecule has 1 fully saturated rings. The summed E-state index contributed by atoms with van der Waals surface area (Å²) in [7, 11) is 1.86. The Kier molecular flexibility index (Phi) is 6.89. The number of hydrogen-bond acceptors (Lipinski definition) is 4. The molecule has 0 spiro atoms. The van der Waals surface area contributed by atoms with Gasteiger partial charge in [0.05, 0.1) is 12.6 Å². The number of carbonyl (C=O) groups excluding carboxylic acids is 1. The van der Waals surface area contributed by atoms with Gasteiger partial charge in [0.1, 0.15) is 17.9 Å². The molecule has 0 unspecified atom stereocenters. The van der Waals surface area contributed by atoms with Crippen molar-refractivity contribution < 1.29 is 9.53 Å². The molecule has 1 aromatic rings. The molecule has 0 heterocycles. The van der Waals surface area contributed by atoms with Crippen molar-refractivity contribution in [2.24, 2.45) is 0 Å². The van der Waals surface area contributed by atoms with Crippen LogP contribution in [0.4, 0.5) is 0 Å². The van der Waals surface area contributed by atoms with Crippen LogP contribution in [0.5, 0.6) is 5.75 Å². The Morgan fingerprint density at radius 3 is 2.83 bits per heavy atom. The zero-order chi connectivity index (χ0) is 17.4. The molecule has 0 aliphatic heterocycles. The minimum absolute atomic E-state index is 0.108. The Hall–Kier alpha value is -1.77. The van der Waals surface area contributed by atoms with E-state index >= 15 is 0 Å². The summed E-state index contributed by atoms with van der Waals surface area (Å²) in [6.07, 6.45) is 4.63. The molecule has 0 radical (unpaired) electrons. The largest absolute Gasteiger partial charge is 0.492 e. The smallest absolute Gasteiger partial charge is 0.235 e. The predicted molar refractivity (Wildman–Crippen MR) is 94.0 cm³/mol. The van der Waals surface area contributed by atoms with E-state index < -0.39 is 5.54 Å². The Balaban J connectivity index is 1.72. The lowest BCUT2D eigenvalue weighted by molar-refractivity contribution is -0.123. The summed E-state index contributed by atoms with van der Waals surface area (Å²) in [5, 5.41) is 13.0. The molecule has 1 saturated carbocycles. The van der Waals surface area contributed by atoms with E-state index in [1.807, 2.05) is 24.1 Å². The van der Waals surface area contributed by atoms with Crippen LogP contribution >= 0.6 is 11.6 Å². The van der Waals surface area contributed by atoms with Crippen LogP contribution in [-0.4, -0.2) is 43.1 Å². The normalized spacial score (nSPS) is 16.4. The van der Waals surface area contributed by atoms with E-state index in [9.17, 15) is 10.1 Å². The number of nitriles is 1. The van der Waals surface area contributed by atoms with Crippen LogP contribution < -0.4 is 10.1 Å². The number of ether oxygens (including phenoxy) is 1. The van der Waals surface area contributed by atoms with Crippen molar-refractivity contribution >= 4 is 17.5 Å². The van der Waals surface area contributed by atoms with Crippen LogP contribution in [-0.2, 0) is 4.79 Å². The molecule has 1 aliphatic carbocycles. The molecule has 0 aromatic heterocycles. The Labute approximate surface area is 148 Å². The van der Waals surface area contributed by atoms with Gasteiger partial charge in [-0.25, -0.2) is 0 Å². The lowest BCUT2D eigenvalue weighted by atomic mass is 9.83. The summed E-state index contributed by atoms with van der Waals surface area (Å²) in [4.78, 5) is 14.1. The maximum Gasteiger partial charge on any atom is 0.235 e. The van der Waals surface area contributed by atoms with Crippen molar-refractivity contribution in [3.8, 4) is 11.8 Å². The highest BCUT2D eigenvalue weighted by Gasteiger charge is 2.33. The molecule has 0 bridgehead atoms. The van der Waals surface area contributed by atoms with Gasteiger partial charge in [0.25, 0.3) is 0 Å². The van der Waals surface area contributed by atoms with Crippen LogP contribution in [0.2, 0.25) is 5.02 Å². The molecule has 1 aliphatic rings. The third kappa shape index (κ3) is 5.70. The molecular formula is C18H24ClN3O2. The fraction of sp³-hybridized carbons (Fsp3) is 0.556. The third-order valence-electron chi connectivity index (χ3n) is 4.25. The summed E-state index contributed by atoms with van der Waals surface area (Å²) < 4.78 is 5.62. The van der Waals surface area contributed by atoms with E-state index in [0.717, 1.165) is 32.1 Å². The molecule has 24 heavy (non-hydrogen) atoms. The molecule has 5 nitrogen and oxygen atoms in total. The maximum atomic E-state index is 12.2. The van der Waals surface area contributed by atoms with Gasteiger partial charge in [-0.2, -0.15) is 5.26 Å². The second kappa shape index (κ2) is 8.91. The number of likely N-dealkylation sites (N-methyl/N-ethyl adjacent to an activating group) is 1. The minimum Gasteiger partial charge on any atom is -0.492 e. The van der Waals surface area contributed by atoms with Gasteiger partial charge >= 0.3 is 0 Å². The lowest BCUT2D eigenvalue weighted by Gasteiger charge is -2.32. The standard InChI is InChI=1S/C18H24ClN3O2/c1-22(10-11-24-16-7-5-6-15(19)12-16)13-17(23)21-18(14-20)8-3-2-4-9-18/h5-7,12H,2-4,8-11,13H2,1H3,(H,21,23). The fourth-order valence-electron chi connectivity index (χ4n) is 2.93. The second-order valence-electron chi connectivity index (χ2n) is 6.35. The van der Waals surface area contributed by atoms with Crippen LogP contribution in [0.3, 0.4) is 0 Å². The monoisotopic (exact) mass is 349 g/mol. The minimum atomic E-state index is -0.673. The van der Waals surface area contributed by atoms with Crippen LogP contribution in [0, 0.1) is 11.3 Å². The molecule has 1 N–H and O–H groups in total. The number of carbonyl (C=O) groups is 1. The highest BCUT2D eigenvalue weighted by molar-refractivity contribution is 6.30. The van der Waals surface area contributed by atoms with Crippen molar-refractivity contribution in [1.82, 2.24) is 10.2 Å². The average Bonchev–Trinajstić information content (AvgIpc) is 2.55. The van der Waals surface area contributed by atoms with Gasteiger partial charge in [0.2, 0.25) is 5.91 Å². The number of nitrogens with one attached hydrogen (secondary N) is 1. The van der Waals surface area contributed by atoms with E-state index in [-0.39, 0.29) is 12.5 Å². The van der Waals surface area contributed by atoms with Crippen molar-refractivity contribution in [2.45, 2.75) is 37.6 Å². The Bertz CT molecular complexity index is 594. The van der Waals surface area contributed by atoms with Gasteiger partial charge in [-0.05, 0) is 38.1 Å².